The van der Waals surface area contributed by atoms with Gasteiger partial charge in [0.2, 0.25) is 0 Å². The third-order valence-corrected chi connectivity index (χ3v) is 10.3. The van der Waals surface area contributed by atoms with Gasteiger partial charge in [-0.2, -0.15) is 0 Å². The molecule has 0 atom stereocenters. The summed E-state index contributed by atoms with van der Waals surface area (Å²) in [7, 11) is 0. The number of para-hydroxylation sites is 1. The van der Waals surface area contributed by atoms with Crippen LogP contribution in [0.2, 0.25) is 0 Å². The van der Waals surface area contributed by atoms with Crippen LogP contribution in [0.15, 0.2) is 176 Å². The molecular formula is C44H29NS. The number of fused-ring (bicyclic) bond motifs is 6. The number of hydrogen-bond acceptors (Lipinski definition) is 2. The molecule has 2 heteroatoms. The summed E-state index contributed by atoms with van der Waals surface area (Å²) in [6.45, 7) is 0. The molecule has 46 heavy (non-hydrogen) atoms. The lowest BCUT2D eigenvalue weighted by Crippen LogP contribution is -2.09. The van der Waals surface area contributed by atoms with Gasteiger partial charge < -0.3 is 4.90 Å². The van der Waals surface area contributed by atoms with Crippen molar-refractivity contribution in [2.45, 2.75) is 0 Å². The van der Waals surface area contributed by atoms with E-state index in [1.165, 1.54) is 64.0 Å². The van der Waals surface area contributed by atoms with Crippen molar-refractivity contribution in [1.82, 2.24) is 0 Å². The predicted molar refractivity (Wildman–Crippen MR) is 200 cm³/mol. The Morgan fingerprint density at radius 3 is 1.67 bits per heavy atom. The van der Waals surface area contributed by atoms with Gasteiger partial charge in [0.1, 0.15) is 0 Å². The van der Waals surface area contributed by atoms with Gasteiger partial charge in [-0.3, -0.25) is 0 Å². The number of nitrogens with zero attached hydrogens (tertiary/aromatic N) is 1. The van der Waals surface area contributed by atoms with Gasteiger partial charge in [-0.25, -0.2) is 0 Å². The normalized spacial score (nSPS) is 11.5. The Balaban J connectivity index is 1.13. The molecule has 8 aromatic carbocycles. The first-order valence-corrected chi connectivity index (χ1v) is 16.5. The molecule has 1 aromatic heterocycles. The first kappa shape index (κ1) is 26.7. The Labute approximate surface area is 272 Å². The van der Waals surface area contributed by atoms with E-state index in [9.17, 15) is 0 Å². The standard InChI is InChI=1S/C44H29NS/c1-2-13-34(14-3-1)45(35-25-20-31(21-26-35)38-17-8-11-30-10-4-5-15-37(30)38)36-27-22-32(23-28-36)39-18-9-12-33-24-29-41-40-16-6-7-19-42(40)46-44(41)43(33)39/h1-29H. The second-order valence-electron chi connectivity index (χ2n) is 11.7. The number of benzene rings is 8. The Morgan fingerprint density at radius 2 is 0.913 bits per heavy atom. The summed E-state index contributed by atoms with van der Waals surface area (Å²) < 4.78 is 2.69. The van der Waals surface area contributed by atoms with Crippen molar-refractivity contribution in [3.63, 3.8) is 0 Å². The van der Waals surface area contributed by atoms with Crippen LogP contribution in [0.3, 0.4) is 0 Å². The van der Waals surface area contributed by atoms with Gasteiger partial charge >= 0.3 is 0 Å². The second-order valence-corrected chi connectivity index (χ2v) is 12.8. The van der Waals surface area contributed by atoms with E-state index in [2.05, 4.69) is 181 Å². The van der Waals surface area contributed by atoms with Crippen molar-refractivity contribution in [2.75, 3.05) is 4.90 Å². The molecule has 0 saturated heterocycles. The predicted octanol–water partition coefficient (Wildman–Crippen LogP) is 13.2. The average molecular weight is 604 g/mol. The Morgan fingerprint density at radius 1 is 0.348 bits per heavy atom. The highest BCUT2D eigenvalue weighted by atomic mass is 32.1. The molecular weight excluding hydrogens is 575 g/mol. The van der Waals surface area contributed by atoms with E-state index < -0.39 is 0 Å². The summed E-state index contributed by atoms with van der Waals surface area (Å²) >= 11 is 1.89. The van der Waals surface area contributed by atoms with Gasteiger partial charge in [0.05, 0.1) is 0 Å². The molecule has 0 fully saturated rings. The number of rotatable bonds is 5. The maximum atomic E-state index is 2.34. The van der Waals surface area contributed by atoms with Crippen molar-refractivity contribution >= 4 is 70.1 Å². The van der Waals surface area contributed by atoms with E-state index in [1.54, 1.807) is 0 Å². The van der Waals surface area contributed by atoms with Crippen LogP contribution in [0.4, 0.5) is 17.1 Å². The molecule has 9 rings (SSSR count). The molecule has 0 aliphatic heterocycles. The van der Waals surface area contributed by atoms with Crippen LogP contribution in [-0.2, 0) is 0 Å². The first-order chi connectivity index (χ1) is 22.8. The zero-order valence-corrected chi connectivity index (χ0v) is 25.9. The van der Waals surface area contributed by atoms with Crippen molar-refractivity contribution < 1.29 is 0 Å². The molecule has 0 spiro atoms. The highest BCUT2D eigenvalue weighted by Crippen LogP contribution is 2.43. The van der Waals surface area contributed by atoms with Crippen molar-refractivity contribution in [2.24, 2.45) is 0 Å². The molecule has 0 aliphatic rings. The van der Waals surface area contributed by atoms with Gasteiger partial charge in [-0.1, -0.05) is 133 Å². The van der Waals surface area contributed by atoms with E-state index in [-0.39, 0.29) is 0 Å². The molecule has 0 aliphatic carbocycles. The van der Waals surface area contributed by atoms with Crippen LogP contribution >= 0.6 is 11.3 Å². The lowest BCUT2D eigenvalue weighted by atomic mass is 9.96. The molecule has 0 bridgehead atoms. The molecule has 216 valence electrons. The monoisotopic (exact) mass is 603 g/mol. The van der Waals surface area contributed by atoms with E-state index in [0.717, 1.165) is 17.1 Å². The summed E-state index contributed by atoms with van der Waals surface area (Å²) in [5.74, 6) is 0. The lowest BCUT2D eigenvalue weighted by Gasteiger charge is -2.26. The Bertz CT molecular complexity index is 2500. The topological polar surface area (TPSA) is 3.24 Å². The maximum absolute atomic E-state index is 2.34. The van der Waals surface area contributed by atoms with E-state index in [4.69, 9.17) is 0 Å². The average Bonchev–Trinajstić information content (AvgIpc) is 3.52. The highest BCUT2D eigenvalue weighted by molar-refractivity contribution is 7.26. The number of thiophene rings is 1. The van der Waals surface area contributed by atoms with Crippen molar-refractivity contribution in [1.29, 1.82) is 0 Å². The zero-order valence-electron chi connectivity index (χ0n) is 25.1. The summed E-state index contributed by atoms with van der Waals surface area (Å²) in [5, 5.41) is 7.80. The summed E-state index contributed by atoms with van der Waals surface area (Å²) in [4.78, 5) is 2.34. The third-order valence-electron chi connectivity index (χ3n) is 9.06. The highest BCUT2D eigenvalue weighted by Gasteiger charge is 2.16. The molecule has 1 heterocycles. The molecule has 0 saturated carbocycles. The van der Waals surface area contributed by atoms with Gasteiger partial charge in [0.25, 0.3) is 0 Å². The van der Waals surface area contributed by atoms with Crippen LogP contribution in [0.1, 0.15) is 0 Å². The molecule has 0 N–H and O–H groups in total. The van der Waals surface area contributed by atoms with Gasteiger partial charge in [-0.05, 0) is 80.9 Å². The molecule has 1 nitrogen and oxygen atoms in total. The first-order valence-electron chi connectivity index (χ1n) is 15.7. The molecule has 0 radical (unpaired) electrons. The number of anilines is 3. The van der Waals surface area contributed by atoms with Gasteiger partial charge in [-0.15, -0.1) is 11.3 Å². The Hall–Kier alpha value is -5.70. The summed E-state index contributed by atoms with van der Waals surface area (Å²) in [6.07, 6.45) is 0. The fourth-order valence-electron chi connectivity index (χ4n) is 6.87. The van der Waals surface area contributed by atoms with E-state index in [1.807, 2.05) is 11.3 Å². The van der Waals surface area contributed by atoms with Crippen molar-refractivity contribution in [3.8, 4) is 22.3 Å². The van der Waals surface area contributed by atoms with Gasteiger partial charge in [0, 0.05) is 42.6 Å². The summed E-state index contributed by atoms with van der Waals surface area (Å²) in [5.41, 5.74) is 8.34. The largest absolute Gasteiger partial charge is 0.311 e. The fraction of sp³-hybridized carbons (Fsp3) is 0. The minimum atomic E-state index is 1.13. The molecule has 0 amide bonds. The van der Waals surface area contributed by atoms with Crippen LogP contribution in [0, 0.1) is 0 Å². The smallest absolute Gasteiger partial charge is 0.0462 e. The summed E-state index contributed by atoms with van der Waals surface area (Å²) in [6, 6.07) is 63.8. The van der Waals surface area contributed by atoms with Crippen LogP contribution < -0.4 is 4.90 Å². The third kappa shape index (κ3) is 4.46. The fourth-order valence-corrected chi connectivity index (χ4v) is 8.15. The SMILES string of the molecule is c1ccc(N(c2ccc(-c3cccc4ccccc34)cc2)c2ccc(-c3cccc4ccc5c6ccccc6sc5c34)cc2)cc1. The Kier molecular flexibility index (Phi) is 6.40. The quantitative estimate of drug-likeness (QED) is 0.189. The lowest BCUT2D eigenvalue weighted by molar-refractivity contribution is 1.28. The van der Waals surface area contributed by atoms with Crippen LogP contribution in [-0.4, -0.2) is 0 Å². The van der Waals surface area contributed by atoms with Crippen LogP contribution in [0.25, 0.3) is 64.0 Å². The van der Waals surface area contributed by atoms with E-state index in [0.29, 0.717) is 0 Å². The second kappa shape index (κ2) is 11.0. The molecule has 0 unspecified atom stereocenters. The van der Waals surface area contributed by atoms with Crippen molar-refractivity contribution in [3.05, 3.63) is 176 Å². The van der Waals surface area contributed by atoms with Crippen LogP contribution in [0.5, 0.6) is 0 Å². The van der Waals surface area contributed by atoms with E-state index >= 15 is 0 Å². The minimum absolute atomic E-state index is 1.13. The molecule has 9 aromatic rings. The van der Waals surface area contributed by atoms with Gasteiger partial charge in [0.15, 0.2) is 0 Å². The minimum Gasteiger partial charge on any atom is -0.311 e. The maximum Gasteiger partial charge on any atom is 0.0462 e. The zero-order chi connectivity index (χ0) is 30.5. The number of hydrogen-bond donors (Lipinski definition) is 0.